The number of hydrogen-bond acceptors (Lipinski definition) is 9. The molecule has 4 aromatic rings. The molecule has 4 atom stereocenters. The Morgan fingerprint density at radius 3 is 2.30 bits per heavy atom. The van der Waals surface area contributed by atoms with Gasteiger partial charge in [0.25, 0.3) is 5.91 Å². The predicted octanol–water partition coefficient (Wildman–Crippen LogP) is 4.68. The van der Waals surface area contributed by atoms with Crippen LogP contribution in [0.2, 0.25) is 0 Å². The first-order valence-corrected chi connectivity index (χ1v) is 16.1. The predicted molar refractivity (Wildman–Crippen MR) is 170 cm³/mol. The minimum atomic E-state index is -0.558. The minimum Gasteiger partial charge on any atom is -0.392 e. The fourth-order valence-electron chi connectivity index (χ4n) is 6.58. The van der Waals surface area contributed by atoms with Gasteiger partial charge >= 0.3 is 0 Å². The third-order valence-corrected chi connectivity index (χ3v) is 9.38. The normalized spacial score (nSPS) is 24.7. The number of aromatic nitrogens is 2. The molecule has 3 fully saturated rings. The number of carbonyl (C=O) groups excluding carboxylic acids is 1. The van der Waals surface area contributed by atoms with Gasteiger partial charge in [0, 0.05) is 50.5 Å². The number of rotatable bonds is 8. The third-order valence-electron chi connectivity index (χ3n) is 9.38. The molecule has 7 rings (SSSR count). The lowest BCUT2D eigenvalue weighted by Gasteiger charge is -2.44. The first kappa shape index (κ1) is 30.9. The van der Waals surface area contributed by atoms with E-state index in [1.54, 1.807) is 0 Å². The van der Waals surface area contributed by atoms with Gasteiger partial charge in [0.15, 0.2) is 12.1 Å². The summed E-state index contributed by atoms with van der Waals surface area (Å²) in [5.41, 5.74) is 5.50. The standard InChI is InChI=1S/C36H40N4O6/c1-24-32(22-40-16-14-36(15-17-40)43-18-19-44-36)45-35(46-33(24)27-10-8-26(23-41)9-11-27)28-12-6-25(7-13-28)20-38-34(42)31-21-37-29-4-2-3-5-30(29)39-31/h2-13,21,24,32-33,35,41H,14-20,22-23H2,1H3,(H,38,42)/t24-,32+,33+,35+/m0/s1. The van der Waals surface area contributed by atoms with Gasteiger partial charge in [0.2, 0.25) is 0 Å². The lowest BCUT2D eigenvalue weighted by atomic mass is 9.89. The lowest BCUT2D eigenvalue weighted by Crippen LogP contribution is -2.50. The lowest BCUT2D eigenvalue weighted by molar-refractivity contribution is -0.278. The molecule has 240 valence electrons. The highest BCUT2D eigenvalue weighted by Gasteiger charge is 2.43. The average Bonchev–Trinajstić information content (AvgIpc) is 3.57. The highest BCUT2D eigenvalue weighted by atomic mass is 16.7. The van der Waals surface area contributed by atoms with E-state index in [1.165, 1.54) is 6.20 Å². The summed E-state index contributed by atoms with van der Waals surface area (Å²) < 4.78 is 25.2. The Hall–Kier alpha value is -3.77. The maximum absolute atomic E-state index is 12.8. The molecule has 46 heavy (non-hydrogen) atoms. The van der Waals surface area contributed by atoms with E-state index in [0.29, 0.717) is 25.3 Å². The second-order valence-electron chi connectivity index (χ2n) is 12.4. The molecular formula is C36H40N4O6. The van der Waals surface area contributed by atoms with Gasteiger partial charge in [-0.2, -0.15) is 0 Å². The number of aliphatic hydroxyl groups is 1. The Bertz CT molecular complexity index is 1630. The highest BCUT2D eigenvalue weighted by Crippen LogP contribution is 2.42. The molecule has 0 saturated carbocycles. The molecule has 3 saturated heterocycles. The van der Waals surface area contributed by atoms with Gasteiger partial charge in [-0.1, -0.05) is 67.6 Å². The number of nitrogens with zero attached hydrogens (tertiary/aromatic N) is 3. The molecule has 3 aromatic carbocycles. The van der Waals surface area contributed by atoms with E-state index in [0.717, 1.165) is 60.2 Å². The van der Waals surface area contributed by atoms with Crippen LogP contribution in [0.15, 0.2) is 79.0 Å². The van der Waals surface area contributed by atoms with Crippen LogP contribution in [0.4, 0.5) is 0 Å². The van der Waals surface area contributed by atoms with Crippen molar-refractivity contribution in [2.24, 2.45) is 5.92 Å². The molecule has 4 heterocycles. The molecule has 1 spiro atoms. The van der Waals surface area contributed by atoms with Crippen molar-refractivity contribution >= 4 is 16.9 Å². The van der Waals surface area contributed by atoms with Gasteiger partial charge in [0.05, 0.1) is 49.3 Å². The van der Waals surface area contributed by atoms with Crippen molar-refractivity contribution < 1.29 is 28.8 Å². The SMILES string of the molecule is C[C@H]1[C@@H](CN2CCC3(CC2)OCCO3)O[C@@H](c2ccc(CNC(=O)c3cnc4ccccc4n3)cc2)O[C@H]1c1ccc(CO)cc1. The Kier molecular flexibility index (Phi) is 9.08. The number of piperidine rings is 1. The summed E-state index contributed by atoms with van der Waals surface area (Å²) in [6.07, 6.45) is 2.40. The first-order valence-electron chi connectivity index (χ1n) is 16.1. The van der Waals surface area contributed by atoms with Crippen molar-refractivity contribution in [3.05, 3.63) is 107 Å². The quantitative estimate of drug-likeness (QED) is 0.288. The van der Waals surface area contributed by atoms with E-state index < -0.39 is 12.1 Å². The van der Waals surface area contributed by atoms with Gasteiger partial charge in [-0.25, -0.2) is 4.98 Å². The van der Waals surface area contributed by atoms with Crippen molar-refractivity contribution in [1.29, 1.82) is 0 Å². The van der Waals surface area contributed by atoms with Crippen LogP contribution in [0.3, 0.4) is 0 Å². The number of para-hydroxylation sites is 2. The fraction of sp³-hybridized carbons (Fsp3) is 0.417. The number of likely N-dealkylation sites (tertiary alicyclic amines) is 1. The van der Waals surface area contributed by atoms with Crippen molar-refractivity contribution in [3.63, 3.8) is 0 Å². The molecule has 2 N–H and O–H groups in total. The van der Waals surface area contributed by atoms with Gasteiger partial charge in [-0.3, -0.25) is 9.78 Å². The van der Waals surface area contributed by atoms with Crippen LogP contribution in [0.1, 0.15) is 64.9 Å². The maximum atomic E-state index is 12.8. The highest BCUT2D eigenvalue weighted by molar-refractivity contribution is 5.93. The number of ether oxygens (including phenoxy) is 4. The van der Waals surface area contributed by atoms with Crippen LogP contribution in [0.5, 0.6) is 0 Å². The monoisotopic (exact) mass is 624 g/mol. The third kappa shape index (κ3) is 6.69. The van der Waals surface area contributed by atoms with Gasteiger partial charge in [-0.15, -0.1) is 0 Å². The van der Waals surface area contributed by atoms with Gasteiger partial charge < -0.3 is 34.3 Å². The molecule has 0 unspecified atom stereocenters. The molecule has 0 bridgehead atoms. The van der Waals surface area contributed by atoms with E-state index >= 15 is 0 Å². The Labute approximate surface area is 268 Å². The molecule has 10 heteroatoms. The molecule has 1 aromatic heterocycles. The number of aliphatic hydroxyl groups excluding tert-OH is 1. The van der Waals surface area contributed by atoms with Crippen LogP contribution in [-0.4, -0.2) is 70.6 Å². The van der Waals surface area contributed by atoms with Crippen molar-refractivity contribution in [2.75, 3.05) is 32.8 Å². The van der Waals surface area contributed by atoms with Crippen LogP contribution in [0, 0.1) is 5.92 Å². The molecule has 10 nitrogen and oxygen atoms in total. The molecule has 0 radical (unpaired) electrons. The molecule has 0 aliphatic carbocycles. The van der Waals surface area contributed by atoms with E-state index in [9.17, 15) is 9.90 Å². The summed E-state index contributed by atoms with van der Waals surface area (Å²) in [6, 6.07) is 23.4. The number of benzene rings is 3. The van der Waals surface area contributed by atoms with Crippen molar-refractivity contribution in [3.8, 4) is 0 Å². The molecule has 3 aliphatic rings. The molecular weight excluding hydrogens is 584 g/mol. The summed E-state index contributed by atoms with van der Waals surface area (Å²) >= 11 is 0. The first-order chi connectivity index (χ1) is 22.5. The summed E-state index contributed by atoms with van der Waals surface area (Å²) in [4.78, 5) is 24.0. The molecule has 1 amide bonds. The van der Waals surface area contributed by atoms with E-state index in [1.807, 2.05) is 72.8 Å². The van der Waals surface area contributed by atoms with Crippen LogP contribution < -0.4 is 5.32 Å². The number of nitrogens with one attached hydrogen (secondary N) is 1. The number of fused-ring (bicyclic) bond motifs is 1. The van der Waals surface area contributed by atoms with Crippen molar-refractivity contribution in [1.82, 2.24) is 20.2 Å². The van der Waals surface area contributed by atoms with Crippen molar-refractivity contribution in [2.45, 2.75) is 57.2 Å². The number of hydrogen-bond donors (Lipinski definition) is 2. The van der Waals surface area contributed by atoms with E-state index in [4.69, 9.17) is 18.9 Å². The Morgan fingerprint density at radius 2 is 1.59 bits per heavy atom. The second-order valence-corrected chi connectivity index (χ2v) is 12.4. The van der Waals surface area contributed by atoms with Gasteiger partial charge in [-0.05, 0) is 28.8 Å². The fourth-order valence-corrected chi connectivity index (χ4v) is 6.58. The smallest absolute Gasteiger partial charge is 0.271 e. The van der Waals surface area contributed by atoms with E-state index in [2.05, 4.69) is 27.1 Å². The minimum absolute atomic E-state index is 0.00204. The Morgan fingerprint density at radius 1 is 0.913 bits per heavy atom. The van der Waals surface area contributed by atoms with E-state index in [-0.39, 0.29) is 36.3 Å². The van der Waals surface area contributed by atoms with Crippen LogP contribution in [-0.2, 0) is 32.1 Å². The largest absolute Gasteiger partial charge is 0.392 e. The summed E-state index contributed by atoms with van der Waals surface area (Å²) in [7, 11) is 0. The van der Waals surface area contributed by atoms with Gasteiger partial charge in [0.1, 0.15) is 5.69 Å². The summed E-state index contributed by atoms with van der Waals surface area (Å²) in [6.45, 7) is 6.44. The van der Waals surface area contributed by atoms with Crippen LogP contribution in [0.25, 0.3) is 11.0 Å². The Balaban J connectivity index is 1.03. The zero-order valence-electron chi connectivity index (χ0n) is 26.0. The topological polar surface area (TPSA) is 115 Å². The average molecular weight is 625 g/mol. The summed E-state index contributed by atoms with van der Waals surface area (Å²) in [5.74, 6) is -0.593. The van der Waals surface area contributed by atoms with Crippen LogP contribution >= 0.6 is 0 Å². The maximum Gasteiger partial charge on any atom is 0.271 e. The second kappa shape index (κ2) is 13.5. The number of amides is 1. The zero-order chi connectivity index (χ0) is 31.5. The number of carbonyl (C=O) groups is 1. The molecule has 3 aliphatic heterocycles. The summed E-state index contributed by atoms with van der Waals surface area (Å²) in [5, 5.41) is 12.5. The zero-order valence-corrected chi connectivity index (χ0v) is 26.0.